The summed E-state index contributed by atoms with van der Waals surface area (Å²) in [5.41, 5.74) is 1.16. The maximum absolute atomic E-state index is 13.3. The minimum Gasteiger partial charge on any atom is -0.494 e. The molecule has 2 aromatic carbocycles. The molecule has 1 saturated carbocycles. The van der Waals surface area contributed by atoms with Crippen molar-refractivity contribution in [1.29, 1.82) is 0 Å². The van der Waals surface area contributed by atoms with E-state index in [0.717, 1.165) is 43.4 Å². The van der Waals surface area contributed by atoms with E-state index in [0.29, 0.717) is 37.4 Å². The third-order valence-corrected chi connectivity index (χ3v) is 6.69. The van der Waals surface area contributed by atoms with Gasteiger partial charge in [-0.15, -0.1) is 0 Å². The molecular formula is C28H37ClN2O3. The first-order valence-corrected chi connectivity index (χ1v) is 13.0. The van der Waals surface area contributed by atoms with Gasteiger partial charge in [0.05, 0.1) is 6.61 Å². The first kappa shape index (κ1) is 26.1. The molecule has 5 nitrogen and oxygen atoms in total. The molecule has 0 unspecified atom stereocenters. The smallest absolute Gasteiger partial charge is 0.243 e. The second kappa shape index (κ2) is 14.0. The van der Waals surface area contributed by atoms with Crippen LogP contribution in [0.4, 0.5) is 0 Å². The summed E-state index contributed by atoms with van der Waals surface area (Å²) < 4.78 is 5.75. The number of hydrogen-bond acceptors (Lipinski definition) is 3. The standard InChI is InChI=1S/C28H37ClN2O3/c1-2-26(28(33)30-24-12-7-4-8-13-24)31(20-19-22-10-5-3-6-11-22)27(32)14-9-21-34-25-17-15-23(29)16-18-25/h3,5-6,10-11,15-18,24,26H,2,4,7-9,12-14,19-21H2,1H3,(H,30,33)/t26-/m0/s1. The predicted octanol–water partition coefficient (Wildman–Crippen LogP) is 5.80. The largest absolute Gasteiger partial charge is 0.494 e. The lowest BCUT2D eigenvalue weighted by atomic mass is 9.95. The Balaban J connectivity index is 1.59. The molecule has 6 heteroatoms. The number of carbonyl (C=O) groups is 2. The highest BCUT2D eigenvalue weighted by Crippen LogP contribution is 2.19. The molecular weight excluding hydrogens is 448 g/mol. The summed E-state index contributed by atoms with van der Waals surface area (Å²) >= 11 is 5.92. The van der Waals surface area contributed by atoms with Crippen LogP contribution in [0.2, 0.25) is 5.02 Å². The summed E-state index contributed by atoms with van der Waals surface area (Å²) in [6, 6.07) is 17.1. The number of benzene rings is 2. The van der Waals surface area contributed by atoms with Gasteiger partial charge in [-0.25, -0.2) is 0 Å². The van der Waals surface area contributed by atoms with E-state index in [1.165, 1.54) is 6.42 Å². The number of carbonyl (C=O) groups excluding carboxylic acids is 2. The quantitative estimate of drug-likeness (QED) is 0.387. The molecule has 1 aliphatic carbocycles. The van der Waals surface area contributed by atoms with Crippen LogP contribution in [0.5, 0.6) is 5.75 Å². The Morgan fingerprint density at radius 3 is 2.44 bits per heavy atom. The average Bonchev–Trinajstić information content (AvgIpc) is 2.86. The lowest BCUT2D eigenvalue weighted by Gasteiger charge is -2.33. The Morgan fingerprint density at radius 1 is 1.06 bits per heavy atom. The van der Waals surface area contributed by atoms with Crippen LogP contribution in [0.1, 0.15) is 63.9 Å². The van der Waals surface area contributed by atoms with E-state index in [4.69, 9.17) is 16.3 Å². The van der Waals surface area contributed by atoms with Gasteiger partial charge in [0.15, 0.2) is 0 Å². The van der Waals surface area contributed by atoms with E-state index in [-0.39, 0.29) is 17.9 Å². The maximum Gasteiger partial charge on any atom is 0.243 e. The van der Waals surface area contributed by atoms with Crippen LogP contribution in [0, 0.1) is 0 Å². The Bertz CT molecular complexity index is 882. The lowest BCUT2D eigenvalue weighted by molar-refractivity contribution is -0.141. The van der Waals surface area contributed by atoms with Crippen LogP contribution < -0.4 is 10.1 Å². The summed E-state index contributed by atoms with van der Waals surface area (Å²) in [5, 5.41) is 3.89. The fraction of sp³-hybridized carbons (Fsp3) is 0.500. The van der Waals surface area contributed by atoms with Crippen molar-refractivity contribution in [1.82, 2.24) is 10.2 Å². The number of nitrogens with zero attached hydrogens (tertiary/aromatic N) is 1. The summed E-state index contributed by atoms with van der Waals surface area (Å²) in [7, 11) is 0. The van der Waals surface area contributed by atoms with Crippen molar-refractivity contribution in [3.63, 3.8) is 0 Å². The first-order chi connectivity index (χ1) is 16.6. The minimum absolute atomic E-state index is 0.00119. The molecule has 1 aliphatic rings. The highest BCUT2D eigenvalue weighted by Gasteiger charge is 2.29. The Morgan fingerprint density at radius 2 is 1.76 bits per heavy atom. The van der Waals surface area contributed by atoms with Crippen molar-refractivity contribution >= 4 is 23.4 Å². The van der Waals surface area contributed by atoms with E-state index >= 15 is 0 Å². The van der Waals surface area contributed by atoms with Crippen molar-refractivity contribution in [2.75, 3.05) is 13.2 Å². The normalized spacial score (nSPS) is 14.9. The molecule has 2 amide bonds. The van der Waals surface area contributed by atoms with Gasteiger partial charge in [0.1, 0.15) is 11.8 Å². The third-order valence-electron chi connectivity index (χ3n) is 6.44. The van der Waals surface area contributed by atoms with Gasteiger partial charge in [-0.3, -0.25) is 9.59 Å². The van der Waals surface area contributed by atoms with Gasteiger partial charge < -0.3 is 15.0 Å². The van der Waals surface area contributed by atoms with Gasteiger partial charge in [-0.1, -0.05) is 68.1 Å². The number of halogens is 1. The summed E-state index contributed by atoms with van der Waals surface area (Å²) in [6.45, 7) is 2.94. The van der Waals surface area contributed by atoms with E-state index in [9.17, 15) is 9.59 Å². The molecule has 2 aromatic rings. The second-order valence-electron chi connectivity index (χ2n) is 9.00. The van der Waals surface area contributed by atoms with Gasteiger partial charge in [0.25, 0.3) is 0 Å². The molecule has 0 aromatic heterocycles. The molecule has 1 atom stereocenters. The Labute approximate surface area is 208 Å². The van der Waals surface area contributed by atoms with E-state index < -0.39 is 6.04 Å². The predicted molar refractivity (Wildman–Crippen MR) is 137 cm³/mol. The zero-order valence-electron chi connectivity index (χ0n) is 20.2. The molecule has 1 N–H and O–H groups in total. The molecule has 34 heavy (non-hydrogen) atoms. The molecule has 0 radical (unpaired) electrons. The van der Waals surface area contributed by atoms with Crippen molar-refractivity contribution in [2.45, 2.75) is 76.8 Å². The molecule has 0 bridgehead atoms. The van der Waals surface area contributed by atoms with Crippen molar-refractivity contribution in [3.8, 4) is 5.75 Å². The number of nitrogens with one attached hydrogen (secondary N) is 1. The van der Waals surface area contributed by atoms with E-state index in [1.54, 1.807) is 17.0 Å². The fourth-order valence-corrected chi connectivity index (χ4v) is 4.65. The van der Waals surface area contributed by atoms with Gasteiger partial charge in [-0.2, -0.15) is 0 Å². The van der Waals surface area contributed by atoms with E-state index in [2.05, 4.69) is 17.4 Å². The molecule has 0 saturated heterocycles. The zero-order valence-corrected chi connectivity index (χ0v) is 20.9. The number of rotatable bonds is 12. The van der Waals surface area contributed by atoms with Crippen molar-refractivity contribution in [3.05, 3.63) is 65.2 Å². The molecule has 0 heterocycles. The third kappa shape index (κ3) is 8.35. The van der Waals surface area contributed by atoms with Crippen LogP contribution in [-0.2, 0) is 16.0 Å². The summed E-state index contributed by atoms with van der Waals surface area (Å²) in [5.74, 6) is 0.714. The van der Waals surface area contributed by atoms with Crippen LogP contribution >= 0.6 is 11.6 Å². The highest BCUT2D eigenvalue weighted by molar-refractivity contribution is 6.30. The zero-order chi connectivity index (χ0) is 24.2. The van der Waals surface area contributed by atoms with Gasteiger partial charge in [-0.05, 0) is 61.9 Å². The van der Waals surface area contributed by atoms with Crippen LogP contribution in [0.15, 0.2) is 54.6 Å². The van der Waals surface area contributed by atoms with Crippen molar-refractivity contribution < 1.29 is 14.3 Å². The SMILES string of the molecule is CC[C@@H](C(=O)NC1CCCCC1)N(CCc1ccccc1)C(=O)CCCOc1ccc(Cl)cc1. The van der Waals surface area contributed by atoms with Gasteiger partial charge in [0.2, 0.25) is 11.8 Å². The Kier molecular flexibility index (Phi) is 10.7. The van der Waals surface area contributed by atoms with Crippen LogP contribution in [-0.4, -0.2) is 41.9 Å². The molecule has 0 aliphatic heterocycles. The topological polar surface area (TPSA) is 58.6 Å². The average molecular weight is 485 g/mol. The van der Waals surface area contributed by atoms with Gasteiger partial charge >= 0.3 is 0 Å². The van der Waals surface area contributed by atoms with Gasteiger partial charge in [0, 0.05) is 24.0 Å². The minimum atomic E-state index is -0.449. The first-order valence-electron chi connectivity index (χ1n) is 12.6. The van der Waals surface area contributed by atoms with Crippen LogP contribution in [0.25, 0.3) is 0 Å². The highest BCUT2D eigenvalue weighted by atomic mass is 35.5. The number of amides is 2. The molecule has 1 fully saturated rings. The molecule has 3 rings (SSSR count). The summed E-state index contributed by atoms with van der Waals surface area (Å²) in [4.78, 5) is 28.3. The van der Waals surface area contributed by atoms with E-state index in [1.807, 2.05) is 37.3 Å². The number of hydrogen-bond donors (Lipinski definition) is 1. The monoisotopic (exact) mass is 484 g/mol. The Hall–Kier alpha value is -2.53. The maximum atomic E-state index is 13.3. The lowest BCUT2D eigenvalue weighted by Crippen LogP contribution is -2.52. The molecule has 184 valence electrons. The molecule has 0 spiro atoms. The summed E-state index contributed by atoms with van der Waals surface area (Å²) in [6.07, 6.45) is 7.87. The fourth-order valence-electron chi connectivity index (χ4n) is 4.53. The van der Waals surface area contributed by atoms with Crippen molar-refractivity contribution in [2.24, 2.45) is 0 Å². The van der Waals surface area contributed by atoms with Crippen LogP contribution in [0.3, 0.4) is 0 Å². The second-order valence-corrected chi connectivity index (χ2v) is 9.43. The number of ether oxygens (including phenoxy) is 1.